The van der Waals surface area contributed by atoms with E-state index in [-0.39, 0.29) is 13.0 Å². The maximum atomic E-state index is 12.2. The number of rotatable bonds is 3. The first-order valence-electron chi connectivity index (χ1n) is 5.38. The van der Waals surface area contributed by atoms with Gasteiger partial charge in [0, 0.05) is 13.0 Å². The number of nitrogens with zero attached hydrogens (tertiary/aromatic N) is 1. The van der Waals surface area contributed by atoms with E-state index < -0.39 is 24.0 Å². The van der Waals surface area contributed by atoms with Gasteiger partial charge in [0.15, 0.2) is 0 Å². The number of aliphatic hydroxyl groups is 1. The second kappa shape index (κ2) is 4.95. The number of carbonyl (C=O) groups excluding carboxylic acids is 1. The summed E-state index contributed by atoms with van der Waals surface area (Å²) in [5, 5.41) is 20.3. The van der Waals surface area contributed by atoms with Crippen LogP contribution in [0.15, 0.2) is 11.4 Å². The molecule has 1 fully saturated rings. The number of β-amino-alcohol motifs (C(OH)–C–C–N with tert-alkyl or cyclic N) is 1. The lowest BCUT2D eigenvalue weighted by Crippen LogP contribution is -2.40. The summed E-state index contributed by atoms with van der Waals surface area (Å²) in [7, 11) is 1.45. The zero-order valence-corrected chi connectivity index (χ0v) is 10.5. The van der Waals surface area contributed by atoms with Crippen molar-refractivity contribution in [2.45, 2.75) is 18.6 Å². The predicted molar refractivity (Wildman–Crippen MR) is 64.0 cm³/mol. The molecule has 18 heavy (non-hydrogen) atoms. The Morgan fingerprint density at radius 2 is 2.28 bits per heavy atom. The van der Waals surface area contributed by atoms with Crippen LogP contribution >= 0.6 is 11.3 Å². The van der Waals surface area contributed by atoms with Gasteiger partial charge in [0.1, 0.15) is 16.7 Å². The Labute approximate surface area is 107 Å². The Morgan fingerprint density at radius 1 is 1.56 bits per heavy atom. The topological polar surface area (TPSA) is 87.1 Å². The number of ether oxygens (including phenoxy) is 1. The van der Waals surface area contributed by atoms with Crippen LogP contribution in [0.5, 0.6) is 5.75 Å². The largest absolute Gasteiger partial charge is 0.495 e. The third-order valence-electron chi connectivity index (χ3n) is 2.87. The third kappa shape index (κ3) is 2.19. The van der Waals surface area contributed by atoms with Gasteiger partial charge in [0.2, 0.25) is 0 Å². The van der Waals surface area contributed by atoms with Gasteiger partial charge in [-0.3, -0.25) is 4.79 Å². The Balaban J connectivity index is 2.25. The summed E-state index contributed by atoms with van der Waals surface area (Å²) in [4.78, 5) is 24.8. The summed E-state index contributed by atoms with van der Waals surface area (Å²) in [6.07, 6.45) is -0.726. The van der Waals surface area contributed by atoms with Crippen molar-refractivity contribution in [2.24, 2.45) is 0 Å². The summed E-state index contributed by atoms with van der Waals surface area (Å²) < 4.78 is 5.04. The van der Waals surface area contributed by atoms with Crippen LogP contribution in [0.3, 0.4) is 0 Å². The minimum atomic E-state index is -1.10. The van der Waals surface area contributed by atoms with E-state index in [2.05, 4.69) is 0 Å². The molecule has 0 aliphatic carbocycles. The highest BCUT2D eigenvalue weighted by Crippen LogP contribution is 2.29. The molecular formula is C11H13NO5S. The monoisotopic (exact) mass is 271 g/mol. The number of methoxy groups -OCH3 is 1. The molecule has 1 aromatic heterocycles. The van der Waals surface area contributed by atoms with Crippen molar-refractivity contribution in [2.75, 3.05) is 13.7 Å². The molecule has 2 N–H and O–H groups in total. The van der Waals surface area contributed by atoms with Crippen molar-refractivity contribution in [3.8, 4) is 5.75 Å². The second-order valence-corrected chi connectivity index (χ2v) is 4.94. The average Bonchev–Trinajstić information content (AvgIpc) is 2.93. The van der Waals surface area contributed by atoms with Crippen molar-refractivity contribution < 1.29 is 24.5 Å². The van der Waals surface area contributed by atoms with Crippen LogP contribution < -0.4 is 4.74 Å². The third-order valence-corrected chi connectivity index (χ3v) is 3.75. The molecule has 7 heteroatoms. The van der Waals surface area contributed by atoms with Gasteiger partial charge in [-0.15, -0.1) is 11.3 Å². The molecule has 2 unspecified atom stereocenters. The van der Waals surface area contributed by atoms with Crippen LogP contribution in [0.2, 0.25) is 0 Å². The lowest BCUT2D eigenvalue weighted by atomic mass is 10.2. The minimum Gasteiger partial charge on any atom is -0.495 e. The van der Waals surface area contributed by atoms with Crippen molar-refractivity contribution in [3.63, 3.8) is 0 Å². The molecule has 98 valence electrons. The molecule has 2 atom stereocenters. The van der Waals surface area contributed by atoms with Gasteiger partial charge in [-0.25, -0.2) is 4.79 Å². The molecule has 6 nitrogen and oxygen atoms in total. The number of hydrogen-bond donors (Lipinski definition) is 2. The maximum Gasteiger partial charge on any atom is 0.326 e. The van der Waals surface area contributed by atoms with Gasteiger partial charge in [-0.2, -0.15) is 0 Å². The van der Waals surface area contributed by atoms with Gasteiger partial charge in [0.25, 0.3) is 5.91 Å². The zero-order chi connectivity index (χ0) is 13.3. The molecule has 1 aliphatic heterocycles. The van der Waals surface area contributed by atoms with E-state index in [1.54, 1.807) is 11.4 Å². The van der Waals surface area contributed by atoms with Gasteiger partial charge in [0.05, 0.1) is 13.2 Å². The van der Waals surface area contributed by atoms with Crippen molar-refractivity contribution in [3.05, 3.63) is 16.3 Å². The van der Waals surface area contributed by atoms with E-state index in [1.165, 1.54) is 23.3 Å². The van der Waals surface area contributed by atoms with Gasteiger partial charge in [-0.05, 0) is 11.4 Å². The fourth-order valence-corrected chi connectivity index (χ4v) is 2.83. The summed E-state index contributed by atoms with van der Waals surface area (Å²) in [6, 6.07) is 0.680. The Kier molecular flexibility index (Phi) is 3.53. The van der Waals surface area contributed by atoms with E-state index in [0.29, 0.717) is 10.6 Å². The fourth-order valence-electron chi connectivity index (χ4n) is 2.02. The molecule has 0 bridgehead atoms. The molecular weight excluding hydrogens is 258 g/mol. The smallest absolute Gasteiger partial charge is 0.326 e. The highest BCUT2D eigenvalue weighted by atomic mass is 32.1. The predicted octanol–water partition coefficient (Wildman–Crippen LogP) is 0.417. The summed E-state index contributed by atoms with van der Waals surface area (Å²) in [5.74, 6) is -1.09. The molecule has 0 radical (unpaired) electrons. The molecule has 1 amide bonds. The van der Waals surface area contributed by atoms with Crippen LogP contribution in [0.25, 0.3) is 0 Å². The Morgan fingerprint density at radius 3 is 2.89 bits per heavy atom. The normalized spacial score (nSPS) is 23.1. The Bertz CT molecular complexity index is 472. The van der Waals surface area contributed by atoms with Crippen LogP contribution in [0.4, 0.5) is 0 Å². The SMILES string of the molecule is COc1ccsc1C(=O)N1CC(O)CC1C(=O)O. The minimum absolute atomic E-state index is 0.0385. The molecule has 0 saturated carbocycles. The molecule has 2 heterocycles. The van der Waals surface area contributed by atoms with Crippen LogP contribution in [0.1, 0.15) is 16.1 Å². The highest BCUT2D eigenvalue weighted by molar-refractivity contribution is 7.12. The first kappa shape index (κ1) is 12.8. The quantitative estimate of drug-likeness (QED) is 0.831. The number of aliphatic hydroxyl groups excluding tert-OH is 1. The zero-order valence-electron chi connectivity index (χ0n) is 9.70. The number of amides is 1. The first-order chi connectivity index (χ1) is 8.54. The number of hydrogen-bond acceptors (Lipinski definition) is 5. The van der Waals surface area contributed by atoms with Crippen LogP contribution in [-0.4, -0.2) is 52.8 Å². The number of carboxylic acid groups (broad SMARTS) is 1. The van der Waals surface area contributed by atoms with E-state index >= 15 is 0 Å². The van der Waals surface area contributed by atoms with E-state index in [0.717, 1.165) is 0 Å². The average molecular weight is 271 g/mol. The molecule has 0 spiro atoms. The highest BCUT2D eigenvalue weighted by Gasteiger charge is 2.40. The van der Waals surface area contributed by atoms with Crippen LogP contribution in [0, 0.1) is 0 Å². The summed E-state index contributed by atoms with van der Waals surface area (Å²) in [5.41, 5.74) is 0. The lowest BCUT2D eigenvalue weighted by Gasteiger charge is -2.20. The van der Waals surface area contributed by atoms with Crippen molar-refractivity contribution in [1.82, 2.24) is 4.90 Å². The molecule has 1 aromatic rings. The van der Waals surface area contributed by atoms with Crippen LogP contribution in [-0.2, 0) is 4.79 Å². The van der Waals surface area contributed by atoms with E-state index in [9.17, 15) is 14.7 Å². The fraction of sp³-hybridized carbons (Fsp3) is 0.455. The van der Waals surface area contributed by atoms with Gasteiger partial charge >= 0.3 is 5.97 Å². The molecule has 0 aromatic carbocycles. The summed E-state index contributed by atoms with van der Waals surface area (Å²) in [6.45, 7) is 0.0385. The molecule has 1 aliphatic rings. The van der Waals surface area contributed by atoms with Crippen molar-refractivity contribution >= 4 is 23.2 Å². The number of thiophene rings is 1. The summed E-state index contributed by atoms with van der Waals surface area (Å²) >= 11 is 1.19. The van der Waals surface area contributed by atoms with E-state index in [4.69, 9.17) is 9.84 Å². The first-order valence-corrected chi connectivity index (χ1v) is 6.26. The van der Waals surface area contributed by atoms with Crippen molar-refractivity contribution in [1.29, 1.82) is 0 Å². The maximum absolute atomic E-state index is 12.2. The van der Waals surface area contributed by atoms with Gasteiger partial charge < -0.3 is 19.8 Å². The number of aliphatic carboxylic acids is 1. The second-order valence-electron chi connectivity index (χ2n) is 4.02. The lowest BCUT2D eigenvalue weighted by molar-refractivity contribution is -0.141. The Hall–Kier alpha value is -1.60. The molecule has 1 saturated heterocycles. The number of carbonyl (C=O) groups is 2. The van der Waals surface area contributed by atoms with Gasteiger partial charge in [-0.1, -0.05) is 0 Å². The van der Waals surface area contributed by atoms with E-state index in [1.807, 2.05) is 0 Å². The number of likely N-dealkylation sites (tertiary alicyclic amines) is 1. The number of carboxylic acids is 1. The standard InChI is InChI=1S/C11H13NO5S/c1-17-8-2-3-18-9(8)10(14)12-5-6(13)4-7(12)11(15)16/h2-3,6-7,13H,4-5H2,1H3,(H,15,16). The molecule has 2 rings (SSSR count).